The van der Waals surface area contributed by atoms with Crippen molar-refractivity contribution in [3.05, 3.63) is 35.9 Å². The number of hydrogen-bond acceptors (Lipinski definition) is 4. The maximum Gasteiger partial charge on any atom is 0.167 e. The maximum absolute atomic E-state index is 13.7. The maximum atomic E-state index is 13.7. The van der Waals surface area contributed by atoms with Crippen LogP contribution in [0.5, 0.6) is 5.75 Å². The molecule has 1 aromatic carbocycles. The highest BCUT2D eigenvalue weighted by molar-refractivity contribution is 5.38. The van der Waals surface area contributed by atoms with Crippen molar-refractivity contribution < 1.29 is 14.2 Å². The second-order valence-corrected chi connectivity index (χ2v) is 3.68. The predicted octanol–water partition coefficient (Wildman–Crippen LogP) is 1.34. The largest absolute Gasteiger partial charge is 0.491 e. The second-order valence-electron chi connectivity index (χ2n) is 3.68. The smallest absolute Gasteiger partial charge is 0.167 e. The van der Waals surface area contributed by atoms with Gasteiger partial charge in [0.1, 0.15) is 0 Å². The molecule has 0 fully saturated rings. The topological polar surface area (TPSA) is 60.2 Å². The molecule has 0 atom stereocenters. The van der Waals surface area contributed by atoms with E-state index >= 15 is 0 Å². The van der Waals surface area contributed by atoms with E-state index in [0.29, 0.717) is 24.4 Å². The van der Waals surface area contributed by atoms with E-state index in [1.807, 2.05) is 0 Å². The molecule has 0 amide bonds. The van der Waals surface area contributed by atoms with Crippen molar-refractivity contribution >= 4 is 0 Å². The fourth-order valence-electron chi connectivity index (χ4n) is 1.56. The Bertz CT molecular complexity index is 528. The van der Waals surface area contributed by atoms with E-state index < -0.39 is 5.82 Å². The third-order valence-electron chi connectivity index (χ3n) is 2.39. The Labute approximate surface area is 104 Å². The second kappa shape index (κ2) is 5.59. The minimum atomic E-state index is -0.437. The Morgan fingerprint density at radius 1 is 1.44 bits per heavy atom. The molecule has 0 radical (unpaired) electrons. The van der Waals surface area contributed by atoms with Crippen LogP contribution in [-0.4, -0.2) is 33.3 Å². The molecule has 0 saturated carbocycles. The average Bonchev–Trinajstić information content (AvgIpc) is 2.81. The summed E-state index contributed by atoms with van der Waals surface area (Å²) < 4.78 is 20.2. The first kappa shape index (κ1) is 12.5. The van der Waals surface area contributed by atoms with E-state index in [0.717, 1.165) is 0 Å². The number of aliphatic hydroxyl groups is 1. The van der Waals surface area contributed by atoms with Crippen LogP contribution in [0, 0.1) is 5.82 Å². The Morgan fingerprint density at radius 2 is 2.28 bits per heavy atom. The molecule has 1 aromatic heterocycles. The van der Waals surface area contributed by atoms with Gasteiger partial charge in [-0.1, -0.05) is 5.21 Å². The number of aromatic nitrogens is 3. The minimum Gasteiger partial charge on any atom is -0.491 e. The molecule has 2 aromatic rings. The van der Waals surface area contributed by atoms with Gasteiger partial charge >= 0.3 is 0 Å². The Morgan fingerprint density at radius 3 is 2.94 bits per heavy atom. The summed E-state index contributed by atoms with van der Waals surface area (Å²) in [6.07, 6.45) is 2.09. The number of rotatable bonds is 5. The predicted molar refractivity (Wildman–Crippen MR) is 63.3 cm³/mol. The standard InChI is InChI=1S/C12H14FN3O2/c1-2-18-12-4-3-10(7-11(12)13)16-8-9(5-6-17)14-15-16/h3-4,7-8,17H,2,5-6H2,1H3. The van der Waals surface area contributed by atoms with E-state index in [4.69, 9.17) is 9.84 Å². The van der Waals surface area contributed by atoms with Crippen molar-refractivity contribution in [2.45, 2.75) is 13.3 Å². The molecule has 5 nitrogen and oxygen atoms in total. The lowest BCUT2D eigenvalue weighted by atomic mass is 10.3. The molecular formula is C12H14FN3O2. The molecule has 0 unspecified atom stereocenters. The summed E-state index contributed by atoms with van der Waals surface area (Å²) in [5.74, 6) is -0.217. The zero-order valence-electron chi connectivity index (χ0n) is 10.0. The molecule has 18 heavy (non-hydrogen) atoms. The van der Waals surface area contributed by atoms with Gasteiger partial charge in [-0.3, -0.25) is 0 Å². The van der Waals surface area contributed by atoms with Gasteiger partial charge < -0.3 is 9.84 Å². The van der Waals surface area contributed by atoms with Crippen LogP contribution in [0.25, 0.3) is 5.69 Å². The zero-order valence-corrected chi connectivity index (χ0v) is 10.0. The molecule has 1 N–H and O–H groups in total. The number of aliphatic hydroxyl groups excluding tert-OH is 1. The van der Waals surface area contributed by atoms with Crippen LogP contribution in [0.3, 0.4) is 0 Å². The molecule has 0 spiro atoms. The quantitative estimate of drug-likeness (QED) is 0.871. The van der Waals surface area contributed by atoms with Crippen LogP contribution < -0.4 is 4.74 Å². The number of halogens is 1. The van der Waals surface area contributed by atoms with E-state index in [-0.39, 0.29) is 12.4 Å². The van der Waals surface area contributed by atoms with Crippen LogP contribution in [0.15, 0.2) is 24.4 Å². The summed E-state index contributed by atoms with van der Waals surface area (Å²) in [6.45, 7) is 2.22. The van der Waals surface area contributed by atoms with Crippen LogP contribution in [0.4, 0.5) is 4.39 Å². The van der Waals surface area contributed by atoms with Crippen LogP contribution >= 0.6 is 0 Å². The highest BCUT2D eigenvalue weighted by atomic mass is 19.1. The summed E-state index contributed by atoms with van der Waals surface area (Å²) in [6, 6.07) is 4.59. The van der Waals surface area contributed by atoms with Gasteiger partial charge in [0.2, 0.25) is 0 Å². The highest BCUT2D eigenvalue weighted by Crippen LogP contribution is 2.20. The zero-order chi connectivity index (χ0) is 13.0. The number of benzene rings is 1. The fourth-order valence-corrected chi connectivity index (χ4v) is 1.56. The van der Waals surface area contributed by atoms with Gasteiger partial charge in [-0.2, -0.15) is 0 Å². The SMILES string of the molecule is CCOc1ccc(-n2cc(CCO)nn2)cc1F. The van der Waals surface area contributed by atoms with Crippen LogP contribution in [-0.2, 0) is 6.42 Å². The number of ether oxygens (including phenoxy) is 1. The Balaban J connectivity index is 2.24. The third kappa shape index (κ3) is 2.65. The Kier molecular flexibility index (Phi) is 3.88. The van der Waals surface area contributed by atoms with Crippen molar-refractivity contribution in [3.8, 4) is 11.4 Å². The summed E-state index contributed by atoms with van der Waals surface area (Å²) >= 11 is 0. The first-order valence-corrected chi connectivity index (χ1v) is 5.69. The molecule has 0 aliphatic heterocycles. The summed E-state index contributed by atoms with van der Waals surface area (Å²) in [4.78, 5) is 0. The summed E-state index contributed by atoms with van der Waals surface area (Å²) in [5, 5.41) is 16.5. The molecule has 6 heteroatoms. The normalized spacial score (nSPS) is 10.6. The van der Waals surface area contributed by atoms with Crippen molar-refractivity contribution in [3.63, 3.8) is 0 Å². The van der Waals surface area contributed by atoms with Crippen molar-refractivity contribution in [2.24, 2.45) is 0 Å². The first-order valence-electron chi connectivity index (χ1n) is 5.69. The third-order valence-corrected chi connectivity index (χ3v) is 2.39. The monoisotopic (exact) mass is 251 g/mol. The van der Waals surface area contributed by atoms with E-state index in [9.17, 15) is 4.39 Å². The van der Waals surface area contributed by atoms with Gasteiger partial charge in [0.05, 0.1) is 24.2 Å². The highest BCUT2D eigenvalue weighted by Gasteiger charge is 2.07. The van der Waals surface area contributed by atoms with Gasteiger partial charge in [0, 0.05) is 19.1 Å². The lowest BCUT2D eigenvalue weighted by Gasteiger charge is -2.06. The fraction of sp³-hybridized carbons (Fsp3) is 0.333. The van der Waals surface area contributed by atoms with Gasteiger partial charge in [-0.05, 0) is 19.1 Å². The summed E-state index contributed by atoms with van der Waals surface area (Å²) in [7, 11) is 0. The average molecular weight is 251 g/mol. The van der Waals surface area contributed by atoms with Crippen molar-refractivity contribution in [2.75, 3.05) is 13.2 Å². The number of hydrogen-bond donors (Lipinski definition) is 1. The van der Waals surface area contributed by atoms with Gasteiger partial charge in [-0.25, -0.2) is 9.07 Å². The minimum absolute atomic E-state index is 0.0103. The molecule has 0 bridgehead atoms. The molecule has 96 valence electrons. The van der Waals surface area contributed by atoms with Gasteiger partial charge in [0.25, 0.3) is 0 Å². The molecule has 0 saturated heterocycles. The number of nitrogens with zero attached hydrogens (tertiary/aromatic N) is 3. The first-order chi connectivity index (χ1) is 8.74. The lowest BCUT2D eigenvalue weighted by molar-refractivity contribution is 0.298. The van der Waals surface area contributed by atoms with Crippen LogP contribution in [0.2, 0.25) is 0 Å². The molecule has 2 rings (SSSR count). The molecule has 0 aliphatic carbocycles. The van der Waals surface area contributed by atoms with E-state index in [1.165, 1.54) is 10.7 Å². The van der Waals surface area contributed by atoms with Crippen molar-refractivity contribution in [1.82, 2.24) is 15.0 Å². The van der Waals surface area contributed by atoms with E-state index in [2.05, 4.69) is 10.3 Å². The van der Waals surface area contributed by atoms with E-state index in [1.54, 1.807) is 25.3 Å². The van der Waals surface area contributed by atoms with Crippen molar-refractivity contribution in [1.29, 1.82) is 0 Å². The molecular weight excluding hydrogens is 237 g/mol. The Hall–Kier alpha value is -1.95. The van der Waals surface area contributed by atoms with Gasteiger partial charge in [-0.15, -0.1) is 5.10 Å². The summed E-state index contributed by atoms with van der Waals surface area (Å²) in [5.41, 5.74) is 1.22. The molecule has 1 heterocycles. The molecule has 0 aliphatic rings. The van der Waals surface area contributed by atoms with Gasteiger partial charge in [0.15, 0.2) is 11.6 Å². The van der Waals surface area contributed by atoms with Crippen LogP contribution in [0.1, 0.15) is 12.6 Å². The lowest BCUT2D eigenvalue weighted by Crippen LogP contribution is -1.99.